The molecule has 1 rings (SSSR count). The number of carbonyl (C=O) groups is 2. The molecular weight excluding hydrogens is 254 g/mol. The van der Waals surface area contributed by atoms with Crippen LogP contribution in [-0.2, 0) is 16.0 Å². The lowest BCUT2D eigenvalue weighted by Gasteiger charge is -2.25. The van der Waals surface area contributed by atoms with Crippen LogP contribution in [-0.4, -0.2) is 23.5 Å². The number of carbonyl (C=O) groups excluding carboxylic acids is 1. The number of benzene rings is 1. The average Bonchev–Trinajstić information content (AvgIpc) is 2.38. The summed E-state index contributed by atoms with van der Waals surface area (Å²) in [5, 5.41) is 8.86. The molecule has 0 spiro atoms. The van der Waals surface area contributed by atoms with Crippen molar-refractivity contribution in [3.8, 4) is 0 Å². The number of carboxylic acids is 1. The zero-order valence-electron chi connectivity index (χ0n) is 12.4. The summed E-state index contributed by atoms with van der Waals surface area (Å²) in [7, 11) is 0. The summed E-state index contributed by atoms with van der Waals surface area (Å²) >= 11 is 0. The fraction of sp³-hybridized carbons (Fsp3) is 0.500. The van der Waals surface area contributed by atoms with E-state index in [-0.39, 0.29) is 24.8 Å². The third kappa shape index (κ3) is 4.68. The predicted octanol–water partition coefficient (Wildman–Crippen LogP) is 3.10. The van der Waals surface area contributed by atoms with E-state index < -0.39 is 5.97 Å². The largest absolute Gasteiger partial charge is 0.481 e. The Kier molecular flexibility index (Phi) is 6.22. The minimum Gasteiger partial charge on any atom is -0.481 e. The minimum absolute atomic E-state index is 0.0119. The topological polar surface area (TPSA) is 57.6 Å². The van der Waals surface area contributed by atoms with E-state index in [9.17, 15) is 9.59 Å². The van der Waals surface area contributed by atoms with Gasteiger partial charge in [-0.05, 0) is 24.0 Å². The summed E-state index contributed by atoms with van der Waals surface area (Å²) in [6, 6.07) is 7.68. The predicted molar refractivity (Wildman–Crippen MR) is 79.9 cm³/mol. The molecule has 1 N–H and O–H groups in total. The van der Waals surface area contributed by atoms with E-state index in [1.165, 1.54) is 0 Å². The summed E-state index contributed by atoms with van der Waals surface area (Å²) in [5.74, 6) is -0.646. The number of carboxylic acid groups (broad SMARTS) is 1. The first-order valence-corrected chi connectivity index (χ1v) is 7.05. The number of rotatable bonds is 7. The third-order valence-corrected chi connectivity index (χ3v) is 3.10. The van der Waals surface area contributed by atoms with Crippen molar-refractivity contribution >= 4 is 17.6 Å². The Morgan fingerprint density at radius 2 is 1.90 bits per heavy atom. The standard InChI is InChI=1S/C16H23NO3/c1-4-13-7-5-6-8-14(13)17(10-9-16(19)20)15(18)11-12(2)3/h5-8,12H,4,9-11H2,1-3H3,(H,19,20). The molecule has 1 amide bonds. The van der Waals surface area contributed by atoms with Crippen LogP contribution in [0.4, 0.5) is 5.69 Å². The maximum atomic E-state index is 12.4. The molecule has 0 aliphatic heterocycles. The lowest BCUT2D eigenvalue weighted by atomic mass is 10.1. The molecule has 0 aliphatic rings. The van der Waals surface area contributed by atoms with Gasteiger partial charge in [0.15, 0.2) is 0 Å². The van der Waals surface area contributed by atoms with Crippen molar-refractivity contribution in [1.82, 2.24) is 0 Å². The molecule has 0 saturated heterocycles. The lowest BCUT2D eigenvalue weighted by molar-refractivity contribution is -0.136. The molecule has 4 nitrogen and oxygen atoms in total. The number of aryl methyl sites for hydroxylation is 1. The van der Waals surface area contributed by atoms with Gasteiger partial charge in [-0.3, -0.25) is 9.59 Å². The number of nitrogens with zero attached hydrogens (tertiary/aromatic N) is 1. The van der Waals surface area contributed by atoms with Crippen molar-refractivity contribution in [2.45, 2.75) is 40.0 Å². The Balaban J connectivity index is 3.02. The normalized spacial score (nSPS) is 10.6. The summed E-state index contributed by atoms with van der Waals surface area (Å²) in [4.78, 5) is 24.8. The van der Waals surface area contributed by atoms with Crippen LogP contribution in [0.3, 0.4) is 0 Å². The third-order valence-electron chi connectivity index (χ3n) is 3.10. The number of amides is 1. The highest BCUT2D eigenvalue weighted by Crippen LogP contribution is 2.23. The van der Waals surface area contributed by atoms with Crippen molar-refractivity contribution in [1.29, 1.82) is 0 Å². The molecule has 20 heavy (non-hydrogen) atoms. The number of hydrogen-bond donors (Lipinski definition) is 1. The van der Waals surface area contributed by atoms with Crippen molar-refractivity contribution in [3.05, 3.63) is 29.8 Å². The van der Waals surface area contributed by atoms with Gasteiger partial charge in [-0.2, -0.15) is 0 Å². The zero-order chi connectivity index (χ0) is 15.1. The van der Waals surface area contributed by atoms with Crippen LogP contribution in [0.1, 0.15) is 39.2 Å². The highest BCUT2D eigenvalue weighted by Gasteiger charge is 2.19. The van der Waals surface area contributed by atoms with Crippen LogP contribution in [0.15, 0.2) is 24.3 Å². The van der Waals surface area contributed by atoms with Gasteiger partial charge in [-0.15, -0.1) is 0 Å². The SMILES string of the molecule is CCc1ccccc1N(CCC(=O)O)C(=O)CC(C)C. The van der Waals surface area contributed by atoms with Crippen molar-refractivity contribution in [3.63, 3.8) is 0 Å². The summed E-state index contributed by atoms with van der Waals surface area (Å²) < 4.78 is 0. The first-order valence-electron chi connectivity index (χ1n) is 7.05. The van der Waals surface area contributed by atoms with E-state index >= 15 is 0 Å². The van der Waals surface area contributed by atoms with E-state index in [0.29, 0.717) is 6.42 Å². The van der Waals surface area contributed by atoms with Crippen molar-refractivity contribution in [2.24, 2.45) is 5.92 Å². The molecule has 0 atom stereocenters. The van der Waals surface area contributed by atoms with E-state index in [0.717, 1.165) is 17.7 Å². The molecule has 1 aromatic rings. The van der Waals surface area contributed by atoms with Crippen LogP contribution in [0.25, 0.3) is 0 Å². The molecule has 0 bridgehead atoms. The molecule has 0 aliphatic carbocycles. The van der Waals surface area contributed by atoms with Gasteiger partial charge in [0.05, 0.1) is 6.42 Å². The van der Waals surface area contributed by atoms with Gasteiger partial charge in [-0.1, -0.05) is 39.0 Å². The summed E-state index contributed by atoms with van der Waals surface area (Å²) in [5.41, 5.74) is 1.90. The average molecular weight is 277 g/mol. The Morgan fingerprint density at radius 1 is 1.25 bits per heavy atom. The smallest absolute Gasteiger partial charge is 0.305 e. The molecule has 0 aromatic heterocycles. The van der Waals surface area contributed by atoms with E-state index in [1.54, 1.807) is 4.90 Å². The van der Waals surface area contributed by atoms with Crippen LogP contribution in [0, 0.1) is 5.92 Å². The van der Waals surface area contributed by atoms with Gasteiger partial charge in [-0.25, -0.2) is 0 Å². The summed E-state index contributed by atoms with van der Waals surface area (Å²) in [6.45, 7) is 6.22. The number of para-hydroxylation sites is 1. The zero-order valence-corrected chi connectivity index (χ0v) is 12.4. The first kappa shape index (κ1) is 16.2. The van der Waals surface area contributed by atoms with Gasteiger partial charge in [0, 0.05) is 18.7 Å². The van der Waals surface area contributed by atoms with E-state index in [4.69, 9.17) is 5.11 Å². The Morgan fingerprint density at radius 3 is 2.45 bits per heavy atom. The molecule has 0 heterocycles. The van der Waals surface area contributed by atoms with E-state index in [1.807, 2.05) is 45.0 Å². The molecule has 0 saturated carbocycles. The fourth-order valence-electron chi connectivity index (χ4n) is 2.12. The number of anilines is 1. The first-order chi connectivity index (χ1) is 9.45. The van der Waals surface area contributed by atoms with Gasteiger partial charge in [0.2, 0.25) is 5.91 Å². The second-order valence-electron chi connectivity index (χ2n) is 5.27. The maximum absolute atomic E-state index is 12.4. The lowest BCUT2D eigenvalue weighted by Crippen LogP contribution is -2.34. The monoisotopic (exact) mass is 277 g/mol. The number of aliphatic carboxylic acids is 1. The second-order valence-corrected chi connectivity index (χ2v) is 5.27. The fourth-order valence-corrected chi connectivity index (χ4v) is 2.12. The summed E-state index contributed by atoms with van der Waals surface area (Å²) in [6.07, 6.45) is 1.20. The van der Waals surface area contributed by atoms with Crippen LogP contribution < -0.4 is 4.90 Å². The minimum atomic E-state index is -0.888. The highest BCUT2D eigenvalue weighted by atomic mass is 16.4. The van der Waals surface area contributed by atoms with Crippen LogP contribution in [0.2, 0.25) is 0 Å². The molecule has 1 aromatic carbocycles. The molecule has 0 fully saturated rings. The molecule has 0 radical (unpaired) electrons. The maximum Gasteiger partial charge on any atom is 0.305 e. The Labute approximate surface area is 120 Å². The van der Waals surface area contributed by atoms with E-state index in [2.05, 4.69) is 0 Å². The van der Waals surface area contributed by atoms with Gasteiger partial charge in [0.1, 0.15) is 0 Å². The van der Waals surface area contributed by atoms with Crippen LogP contribution >= 0.6 is 0 Å². The van der Waals surface area contributed by atoms with Gasteiger partial charge >= 0.3 is 5.97 Å². The molecule has 110 valence electrons. The number of hydrogen-bond acceptors (Lipinski definition) is 2. The molecular formula is C16H23NO3. The Bertz CT molecular complexity index is 469. The second kappa shape index (κ2) is 7.68. The van der Waals surface area contributed by atoms with Gasteiger partial charge < -0.3 is 10.0 Å². The molecule has 4 heteroatoms. The Hall–Kier alpha value is -1.84. The van der Waals surface area contributed by atoms with Gasteiger partial charge in [0.25, 0.3) is 0 Å². The van der Waals surface area contributed by atoms with Crippen molar-refractivity contribution < 1.29 is 14.7 Å². The quantitative estimate of drug-likeness (QED) is 0.833. The van der Waals surface area contributed by atoms with Crippen LogP contribution in [0.5, 0.6) is 0 Å². The van der Waals surface area contributed by atoms with Crippen molar-refractivity contribution in [2.75, 3.05) is 11.4 Å². The molecule has 0 unspecified atom stereocenters. The highest BCUT2D eigenvalue weighted by molar-refractivity contribution is 5.94.